The molecule has 0 bridgehead atoms. The summed E-state index contributed by atoms with van der Waals surface area (Å²) in [6, 6.07) is 7.60. The van der Waals surface area contributed by atoms with Crippen molar-refractivity contribution in [2.75, 3.05) is 0 Å². The van der Waals surface area contributed by atoms with Crippen LogP contribution in [0.5, 0.6) is 0 Å². The lowest BCUT2D eigenvalue weighted by atomic mass is 10.0. The molecule has 0 saturated heterocycles. The Balaban J connectivity index is 1.82. The summed E-state index contributed by atoms with van der Waals surface area (Å²) in [7, 11) is 0. The largest absolute Gasteiger partial charge is 0.341 e. The molecule has 1 amide bonds. The monoisotopic (exact) mass is 273 g/mol. The van der Waals surface area contributed by atoms with Crippen molar-refractivity contribution in [3.05, 3.63) is 59.1 Å². The third-order valence-electron chi connectivity index (χ3n) is 3.28. The first-order valence-electron chi connectivity index (χ1n) is 6.04. The van der Waals surface area contributed by atoms with Crippen molar-refractivity contribution in [3.8, 4) is 0 Å². The van der Waals surface area contributed by atoms with Crippen molar-refractivity contribution >= 4 is 17.5 Å². The van der Waals surface area contributed by atoms with Gasteiger partial charge in [0.2, 0.25) is 0 Å². The number of aromatic nitrogens is 2. The molecule has 1 heterocycles. The van der Waals surface area contributed by atoms with Gasteiger partial charge < -0.3 is 5.32 Å². The van der Waals surface area contributed by atoms with E-state index in [2.05, 4.69) is 15.3 Å². The van der Waals surface area contributed by atoms with Crippen LogP contribution in [0.15, 0.2) is 42.9 Å². The normalized spacial score (nSPS) is 15.8. The first kappa shape index (κ1) is 12.1. The molecule has 1 aliphatic rings. The van der Waals surface area contributed by atoms with Gasteiger partial charge in [0.05, 0.1) is 11.7 Å². The molecule has 2 aromatic rings. The molecule has 0 spiro atoms. The first-order chi connectivity index (χ1) is 9.20. The number of nitrogens with zero attached hydrogens (tertiary/aromatic N) is 2. The maximum absolute atomic E-state index is 12.1. The lowest BCUT2D eigenvalue weighted by Gasteiger charge is -2.17. The van der Waals surface area contributed by atoms with Crippen molar-refractivity contribution < 1.29 is 4.79 Å². The van der Waals surface area contributed by atoms with Gasteiger partial charge in [-0.3, -0.25) is 9.78 Å². The second kappa shape index (κ2) is 4.63. The zero-order valence-corrected chi connectivity index (χ0v) is 10.9. The molecule has 5 heteroatoms. The fourth-order valence-electron chi connectivity index (χ4n) is 2.09. The van der Waals surface area contributed by atoms with Gasteiger partial charge in [-0.25, -0.2) is 4.98 Å². The summed E-state index contributed by atoms with van der Waals surface area (Å²) in [4.78, 5) is 20.0. The van der Waals surface area contributed by atoms with E-state index in [0.717, 1.165) is 18.4 Å². The Morgan fingerprint density at radius 3 is 2.79 bits per heavy atom. The maximum Gasteiger partial charge on any atom is 0.272 e. The molecule has 1 aromatic carbocycles. The van der Waals surface area contributed by atoms with Crippen LogP contribution >= 0.6 is 11.6 Å². The molecule has 0 atom stereocenters. The molecule has 0 unspecified atom stereocenters. The van der Waals surface area contributed by atoms with Gasteiger partial charge in [-0.2, -0.15) is 0 Å². The highest BCUT2D eigenvalue weighted by atomic mass is 35.5. The fraction of sp³-hybridized carbons (Fsp3) is 0.214. The second-order valence-electron chi connectivity index (χ2n) is 4.64. The molecular weight excluding hydrogens is 262 g/mol. The Morgan fingerprint density at radius 2 is 2.16 bits per heavy atom. The topological polar surface area (TPSA) is 54.9 Å². The quantitative estimate of drug-likeness (QED) is 0.935. The number of halogens is 1. The van der Waals surface area contributed by atoms with Gasteiger partial charge in [-0.05, 0) is 30.5 Å². The molecule has 1 aliphatic carbocycles. The number of hydrogen-bond acceptors (Lipinski definition) is 3. The maximum atomic E-state index is 12.1. The van der Waals surface area contributed by atoms with Gasteiger partial charge in [0.1, 0.15) is 5.69 Å². The molecule has 1 saturated carbocycles. The van der Waals surface area contributed by atoms with Crippen molar-refractivity contribution in [2.24, 2.45) is 0 Å². The van der Waals surface area contributed by atoms with E-state index in [4.69, 9.17) is 11.6 Å². The minimum absolute atomic E-state index is 0.203. The number of rotatable bonds is 3. The smallest absolute Gasteiger partial charge is 0.272 e. The predicted octanol–water partition coefficient (Wildman–Crippen LogP) is 2.55. The molecule has 1 N–H and O–H groups in total. The zero-order valence-electron chi connectivity index (χ0n) is 10.1. The summed E-state index contributed by atoms with van der Waals surface area (Å²) >= 11 is 6.00. The zero-order chi connectivity index (χ0) is 13.3. The number of amides is 1. The summed E-state index contributed by atoms with van der Waals surface area (Å²) in [6.45, 7) is 0. The molecule has 1 aromatic heterocycles. The van der Waals surface area contributed by atoms with Gasteiger partial charge in [-0.15, -0.1) is 0 Å². The average Bonchev–Trinajstić information content (AvgIpc) is 3.21. The molecule has 0 radical (unpaired) electrons. The van der Waals surface area contributed by atoms with Crippen LogP contribution in [0.2, 0.25) is 5.02 Å². The van der Waals surface area contributed by atoms with E-state index in [-0.39, 0.29) is 11.4 Å². The lowest BCUT2D eigenvalue weighted by Crippen LogP contribution is -2.35. The minimum Gasteiger partial charge on any atom is -0.341 e. The summed E-state index contributed by atoms with van der Waals surface area (Å²) in [5, 5.41) is 3.71. The second-order valence-corrected chi connectivity index (χ2v) is 5.07. The van der Waals surface area contributed by atoms with E-state index in [0.29, 0.717) is 10.7 Å². The van der Waals surface area contributed by atoms with Gasteiger partial charge in [-0.1, -0.05) is 23.7 Å². The van der Waals surface area contributed by atoms with Crippen LogP contribution in [0, 0.1) is 0 Å². The number of hydrogen-bond donors (Lipinski definition) is 1. The van der Waals surface area contributed by atoms with Crippen molar-refractivity contribution in [1.82, 2.24) is 15.3 Å². The number of nitrogens with one attached hydrogen (secondary N) is 1. The van der Waals surface area contributed by atoms with Crippen LogP contribution in [0.25, 0.3) is 0 Å². The summed E-state index contributed by atoms with van der Waals surface area (Å²) in [6.07, 6.45) is 6.34. The molecule has 0 aliphatic heterocycles. The third-order valence-corrected chi connectivity index (χ3v) is 3.51. The number of benzene rings is 1. The predicted molar refractivity (Wildman–Crippen MR) is 71.9 cm³/mol. The summed E-state index contributed by atoms with van der Waals surface area (Å²) < 4.78 is 0. The van der Waals surface area contributed by atoms with Crippen LogP contribution in [0.1, 0.15) is 28.9 Å². The summed E-state index contributed by atoms with van der Waals surface area (Å²) in [5.41, 5.74) is 1.08. The molecular formula is C14H12ClN3O. The minimum atomic E-state index is -0.292. The van der Waals surface area contributed by atoms with Crippen molar-refractivity contribution in [1.29, 1.82) is 0 Å². The van der Waals surface area contributed by atoms with E-state index in [9.17, 15) is 4.79 Å². The third kappa shape index (κ3) is 2.44. The highest BCUT2D eigenvalue weighted by Gasteiger charge is 2.46. The van der Waals surface area contributed by atoms with Gasteiger partial charge >= 0.3 is 0 Å². The molecule has 19 heavy (non-hydrogen) atoms. The Hall–Kier alpha value is -1.94. The fourth-order valence-corrected chi connectivity index (χ4v) is 2.28. The lowest BCUT2D eigenvalue weighted by molar-refractivity contribution is 0.0925. The van der Waals surface area contributed by atoms with Crippen LogP contribution in [-0.4, -0.2) is 15.9 Å². The highest BCUT2D eigenvalue weighted by Crippen LogP contribution is 2.46. The number of carbonyl (C=O) groups is 1. The van der Waals surface area contributed by atoms with E-state index in [1.165, 1.54) is 12.4 Å². The van der Waals surface area contributed by atoms with Crippen molar-refractivity contribution in [3.63, 3.8) is 0 Å². The number of carbonyl (C=O) groups excluding carboxylic acids is 1. The van der Waals surface area contributed by atoms with Crippen LogP contribution in [-0.2, 0) is 5.54 Å². The van der Waals surface area contributed by atoms with Crippen LogP contribution in [0.4, 0.5) is 0 Å². The Labute approximate surface area is 115 Å². The molecule has 4 nitrogen and oxygen atoms in total. The van der Waals surface area contributed by atoms with E-state index >= 15 is 0 Å². The molecule has 96 valence electrons. The first-order valence-corrected chi connectivity index (χ1v) is 6.42. The van der Waals surface area contributed by atoms with Crippen LogP contribution < -0.4 is 5.32 Å². The van der Waals surface area contributed by atoms with Gasteiger partial charge in [0.25, 0.3) is 5.91 Å². The van der Waals surface area contributed by atoms with E-state index in [1.54, 1.807) is 6.20 Å². The Kier molecular flexibility index (Phi) is 2.95. The van der Waals surface area contributed by atoms with Gasteiger partial charge in [0.15, 0.2) is 0 Å². The Bertz CT molecular complexity index is 611. The summed E-state index contributed by atoms with van der Waals surface area (Å²) in [5.74, 6) is -0.203. The van der Waals surface area contributed by atoms with E-state index in [1.807, 2.05) is 24.3 Å². The van der Waals surface area contributed by atoms with Crippen molar-refractivity contribution in [2.45, 2.75) is 18.4 Å². The van der Waals surface area contributed by atoms with Crippen LogP contribution in [0.3, 0.4) is 0 Å². The SMILES string of the molecule is O=C(NC1(c2cccc(Cl)c2)CC1)c1cnccn1. The van der Waals surface area contributed by atoms with Gasteiger partial charge in [0, 0.05) is 17.4 Å². The Morgan fingerprint density at radius 1 is 1.32 bits per heavy atom. The molecule has 3 rings (SSSR count). The molecule has 1 fully saturated rings. The standard InChI is InChI=1S/C14H12ClN3O/c15-11-3-1-2-10(8-11)14(4-5-14)18-13(19)12-9-16-6-7-17-12/h1-3,6-9H,4-5H2,(H,18,19). The van der Waals surface area contributed by atoms with E-state index < -0.39 is 0 Å². The average molecular weight is 274 g/mol. The highest BCUT2D eigenvalue weighted by molar-refractivity contribution is 6.30.